The zero-order valence-corrected chi connectivity index (χ0v) is 21.9. The summed E-state index contributed by atoms with van der Waals surface area (Å²) in [5, 5.41) is 15.2. The second-order valence-corrected chi connectivity index (χ2v) is 9.83. The van der Waals surface area contributed by atoms with Crippen LogP contribution in [0, 0.1) is 0 Å². The van der Waals surface area contributed by atoms with E-state index in [2.05, 4.69) is 65.2 Å². The first-order valence-electron chi connectivity index (χ1n) is 12.8. The first-order valence-corrected chi connectivity index (χ1v) is 13.4. The van der Waals surface area contributed by atoms with Gasteiger partial charge < -0.3 is 24.9 Å². The molecule has 0 amide bonds. The number of fused-ring (bicyclic) bond motifs is 3. The maximum absolute atomic E-state index is 10.6. The highest BCUT2D eigenvalue weighted by atomic mass is 32.1. The van der Waals surface area contributed by atoms with Crippen LogP contribution in [0.15, 0.2) is 72.9 Å². The van der Waals surface area contributed by atoms with Crippen molar-refractivity contribution < 1.29 is 14.6 Å². The molecule has 4 aromatic rings. The van der Waals surface area contributed by atoms with E-state index in [-0.39, 0.29) is 12.6 Å². The number of aliphatic hydroxyl groups is 1. The van der Waals surface area contributed by atoms with Crippen LogP contribution < -0.4 is 10.1 Å². The topological polar surface area (TPSA) is 79.4 Å². The number of hydrogen-bond acceptors (Lipinski definition) is 6. The summed E-state index contributed by atoms with van der Waals surface area (Å²) in [6.07, 6.45) is 6.05. The van der Waals surface area contributed by atoms with E-state index in [0.717, 1.165) is 47.4 Å². The number of aliphatic hydroxyl groups excluding tert-OH is 1. The maximum Gasteiger partial charge on any atom is 0.219 e. The Bertz CT molecular complexity index is 1350. The first-order chi connectivity index (χ1) is 18.1. The number of pyridine rings is 1. The summed E-state index contributed by atoms with van der Waals surface area (Å²) in [6.45, 7) is 2.83. The van der Waals surface area contributed by atoms with Gasteiger partial charge in [0.05, 0.1) is 0 Å². The van der Waals surface area contributed by atoms with Gasteiger partial charge in [-0.15, -0.1) is 0 Å². The molecule has 0 fully saturated rings. The third-order valence-electron chi connectivity index (χ3n) is 6.56. The molecule has 192 valence electrons. The number of ether oxygens (including phenoxy) is 2. The minimum Gasteiger partial charge on any atom is -0.490 e. The Balaban J connectivity index is 1.07. The molecular formula is C30H33N3O3S. The molecule has 0 bridgehead atoms. The number of nitrogens with zero attached hydrogens (tertiary/aromatic N) is 1. The Morgan fingerprint density at radius 2 is 1.89 bits per heavy atom. The zero-order chi connectivity index (χ0) is 25.6. The van der Waals surface area contributed by atoms with Crippen LogP contribution in [0.2, 0.25) is 0 Å². The van der Waals surface area contributed by atoms with Gasteiger partial charge in [0, 0.05) is 52.8 Å². The number of para-hydroxylation sites is 1. The fourth-order valence-electron chi connectivity index (χ4n) is 4.63. The Morgan fingerprint density at radius 3 is 2.68 bits per heavy atom. The van der Waals surface area contributed by atoms with Gasteiger partial charge in [-0.1, -0.05) is 36.4 Å². The molecule has 2 aromatic heterocycles. The van der Waals surface area contributed by atoms with Crippen LogP contribution in [0.5, 0.6) is 11.6 Å². The second-order valence-electron chi connectivity index (χ2n) is 9.52. The molecule has 3 N–H and O–H groups in total. The molecule has 5 rings (SSSR count). The van der Waals surface area contributed by atoms with E-state index < -0.39 is 6.10 Å². The monoisotopic (exact) mass is 515 g/mol. The number of aromatic amines is 1. The lowest BCUT2D eigenvalue weighted by atomic mass is 10.0. The molecule has 0 aliphatic heterocycles. The lowest BCUT2D eigenvalue weighted by molar-refractivity contribution is 0.0904. The van der Waals surface area contributed by atoms with Gasteiger partial charge in [0.2, 0.25) is 5.88 Å². The molecule has 0 saturated carbocycles. The summed E-state index contributed by atoms with van der Waals surface area (Å²) in [4.78, 5) is 7.81. The fourth-order valence-corrected chi connectivity index (χ4v) is 4.82. The van der Waals surface area contributed by atoms with E-state index in [1.165, 1.54) is 16.6 Å². The van der Waals surface area contributed by atoms with Crippen LogP contribution >= 0.6 is 12.6 Å². The highest BCUT2D eigenvalue weighted by Crippen LogP contribution is 2.34. The predicted octanol–water partition coefficient (Wildman–Crippen LogP) is 5.67. The van der Waals surface area contributed by atoms with Crippen molar-refractivity contribution in [1.29, 1.82) is 0 Å². The number of allylic oxidation sites excluding steroid dienone is 1. The number of aromatic nitrogens is 2. The van der Waals surface area contributed by atoms with Crippen molar-refractivity contribution in [2.75, 3.05) is 13.2 Å². The molecule has 1 aliphatic rings. The van der Waals surface area contributed by atoms with Gasteiger partial charge in [0.25, 0.3) is 0 Å². The van der Waals surface area contributed by atoms with E-state index in [4.69, 9.17) is 9.47 Å². The minimum absolute atomic E-state index is 0.200. The number of benzene rings is 2. The average Bonchev–Trinajstić information content (AvgIpc) is 3.31. The Hall–Kier alpha value is -3.26. The molecule has 0 unspecified atom stereocenters. The minimum atomic E-state index is -0.601. The number of hydrogen-bond donors (Lipinski definition) is 4. The number of nitrogens with one attached hydrogen (secondary N) is 2. The van der Waals surface area contributed by atoms with Crippen LogP contribution in [-0.2, 0) is 23.3 Å². The molecular weight excluding hydrogens is 482 g/mol. The lowest BCUT2D eigenvalue weighted by Crippen LogP contribution is -2.37. The summed E-state index contributed by atoms with van der Waals surface area (Å²) < 4.78 is 11.9. The van der Waals surface area contributed by atoms with Crippen LogP contribution in [0.25, 0.3) is 16.7 Å². The standard InChI is InChI=1S/C30H33N3O3S/c1-20(15-21-9-12-24(13-10-21)36-29-14-11-22(19-37)16-32-29)31-17-23(34)18-35-28-8-4-7-27-30(28)25-5-2-3-6-26(25)33-27/h2-3,5-6,8-14,16,20,23,31,33-34,37H,4,7,15,17-19H2,1H3/t20-,23+/m1/s1. The van der Waals surface area contributed by atoms with Crippen molar-refractivity contribution in [3.63, 3.8) is 0 Å². The number of thiol groups is 1. The van der Waals surface area contributed by atoms with Gasteiger partial charge in [0.1, 0.15) is 24.2 Å². The normalized spacial score (nSPS) is 14.6. The van der Waals surface area contributed by atoms with E-state index in [1.54, 1.807) is 6.20 Å². The second kappa shape index (κ2) is 11.9. The highest BCUT2D eigenvalue weighted by Gasteiger charge is 2.20. The van der Waals surface area contributed by atoms with Crippen LogP contribution in [0.1, 0.15) is 35.7 Å². The van der Waals surface area contributed by atoms with E-state index in [9.17, 15) is 5.11 Å². The molecule has 2 aromatic carbocycles. The van der Waals surface area contributed by atoms with Crippen molar-refractivity contribution in [1.82, 2.24) is 15.3 Å². The van der Waals surface area contributed by atoms with Crippen molar-refractivity contribution in [3.05, 3.63) is 95.3 Å². The largest absolute Gasteiger partial charge is 0.490 e. The highest BCUT2D eigenvalue weighted by molar-refractivity contribution is 7.79. The van der Waals surface area contributed by atoms with Crippen LogP contribution in [-0.4, -0.2) is 40.4 Å². The quantitative estimate of drug-likeness (QED) is 0.194. The summed E-state index contributed by atoms with van der Waals surface area (Å²) in [6, 6.07) is 20.3. The van der Waals surface area contributed by atoms with Crippen LogP contribution in [0.3, 0.4) is 0 Å². The SMILES string of the molecule is C[C@H](Cc1ccc(Oc2ccc(CS)cn2)cc1)NC[C@H](O)COC1=CCCc2[nH]c3ccccc3c21. The number of rotatable bonds is 11. The third-order valence-corrected chi connectivity index (χ3v) is 6.92. The molecule has 0 spiro atoms. The van der Waals surface area contributed by atoms with Gasteiger partial charge in [0.15, 0.2) is 0 Å². The molecule has 1 aliphatic carbocycles. The van der Waals surface area contributed by atoms with Gasteiger partial charge in [-0.05, 0) is 61.6 Å². The molecule has 7 heteroatoms. The van der Waals surface area contributed by atoms with E-state index >= 15 is 0 Å². The van der Waals surface area contributed by atoms with Gasteiger partial charge in [-0.3, -0.25) is 0 Å². The van der Waals surface area contributed by atoms with Crippen LogP contribution in [0.4, 0.5) is 0 Å². The Kier molecular flexibility index (Phi) is 8.14. The predicted molar refractivity (Wildman–Crippen MR) is 151 cm³/mol. The number of aryl methyl sites for hydroxylation is 1. The Labute approximate surface area is 223 Å². The van der Waals surface area contributed by atoms with Gasteiger partial charge >= 0.3 is 0 Å². The third kappa shape index (κ3) is 6.36. The molecule has 2 heterocycles. The van der Waals surface area contributed by atoms with Crippen molar-refractivity contribution >= 4 is 29.3 Å². The van der Waals surface area contributed by atoms with Crippen molar-refractivity contribution in [3.8, 4) is 11.6 Å². The summed E-state index contributed by atoms with van der Waals surface area (Å²) in [5.74, 6) is 2.83. The lowest BCUT2D eigenvalue weighted by Gasteiger charge is -2.20. The van der Waals surface area contributed by atoms with Crippen molar-refractivity contribution in [2.24, 2.45) is 0 Å². The zero-order valence-electron chi connectivity index (χ0n) is 21.0. The van der Waals surface area contributed by atoms with Crippen molar-refractivity contribution in [2.45, 2.75) is 44.1 Å². The van der Waals surface area contributed by atoms with Gasteiger partial charge in [-0.25, -0.2) is 4.98 Å². The van der Waals surface area contributed by atoms with Gasteiger partial charge in [-0.2, -0.15) is 12.6 Å². The number of H-pyrrole nitrogens is 1. The molecule has 0 saturated heterocycles. The summed E-state index contributed by atoms with van der Waals surface area (Å²) in [7, 11) is 0. The van der Waals surface area contributed by atoms with E-state index in [0.29, 0.717) is 18.2 Å². The van der Waals surface area contributed by atoms with E-state index in [1.807, 2.05) is 36.4 Å². The molecule has 0 radical (unpaired) electrons. The molecule has 37 heavy (non-hydrogen) atoms. The fraction of sp³-hybridized carbons (Fsp3) is 0.300. The molecule has 2 atom stereocenters. The summed E-state index contributed by atoms with van der Waals surface area (Å²) >= 11 is 4.25. The molecule has 6 nitrogen and oxygen atoms in total. The smallest absolute Gasteiger partial charge is 0.219 e. The Morgan fingerprint density at radius 1 is 1.08 bits per heavy atom. The average molecular weight is 516 g/mol. The summed E-state index contributed by atoms with van der Waals surface area (Å²) in [5.41, 5.74) is 5.71. The maximum atomic E-state index is 10.6. The first kappa shape index (κ1) is 25.4.